The Morgan fingerprint density at radius 3 is 2.32 bits per heavy atom. The molecule has 3 N–H and O–H groups in total. The molecule has 2 amide bonds. The molecule has 9 heteroatoms. The van der Waals surface area contributed by atoms with Gasteiger partial charge in [-0.15, -0.1) is 11.6 Å². The molecule has 0 fully saturated rings. The van der Waals surface area contributed by atoms with Crippen molar-refractivity contribution in [3.63, 3.8) is 0 Å². The number of halogens is 1. The third kappa shape index (κ3) is 9.93. The Kier molecular flexibility index (Phi) is 11.8. The molecule has 31 heavy (non-hydrogen) atoms. The number of esters is 1. The monoisotopic (exact) mass is 454 g/mol. The Morgan fingerprint density at radius 1 is 1.06 bits per heavy atom. The summed E-state index contributed by atoms with van der Waals surface area (Å²) in [5, 5.41) is 14.7. The number of amides is 2. The van der Waals surface area contributed by atoms with Crippen molar-refractivity contribution in [2.75, 3.05) is 12.4 Å². The van der Waals surface area contributed by atoms with E-state index < -0.39 is 12.0 Å². The molecule has 8 nitrogen and oxygen atoms in total. The van der Waals surface area contributed by atoms with Crippen LogP contribution in [0.25, 0.3) is 0 Å². The second kappa shape index (κ2) is 13.8. The van der Waals surface area contributed by atoms with Crippen LogP contribution in [0.2, 0.25) is 0 Å². The molecule has 2 atom stereocenters. The summed E-state index contributed by atoms with van der Waals surface area (Å²) in [6.07, 6.45) is 1.46. The van der Waals surface area contributed by atoms with Gasteiger partial charge in [0, 0.05) is 36.7 Å². The molecule has 0 aliphatic carbocycles. The van der Waals surface area contributed by atoms with Crippen LogP contribution in [0.5, 0.6) is 0 Å². The third-order valence-electron chi connectivity index (χ3n) is 4.73. The number of alkyl halides is 1. The number of benzene rings is 1. The van der Waals surface area contributed by atoms with Crippen molar-refractivity contribution in [3.8, 4) is 0 Å². The van der Waals surface area contributed by atoms with E-state index in [4.69, 9.17) is 11.6 Å². The van der Waals surface area contributed by atoms with Crippen LogP contribution >= 0.6 is 11.6 Å². The summed E-state index contributed by atoms with van der Waals surface area (Å²) >= 11 is 5.84. The first-order chi connectivity index (χ1) is 14.7. The number of hydrogen-bond acceptors (Lipinski definition) is 6. The van der Waals surface area contributed by atoms with Gasteiger partial charge in [-0.05, 0) is 43.0 Å². The molecule has 0 unspecified atom stereocenters. The first-order valence-corrected chi connectivity index (χ1v) is 10.7. The Balaban J connectivity index is 2.48. The average Bonchev–Trinajstić information content (AvgIpc) is 2.75. The molecule has 0 saturated carbocycles. The number of aliphatic hydroxyl groups excluding tert-OH is 1. The normalized spacial score (nSPS) is 12.5. The minimum Gasteiger partial charge on any atom is -0.469 e. The van der Waals surface area contributed by atoms with Crippen molar-refractivity contribution in [2.24, 2.45) is 5.92 Å². The summed E-state index contributed by atoms with van der Waals surface area (Å²) in [5.41, 5.74) is 1.88. The van der Waals surface area contributed by atoms with E-state index in [0.717, 1.165) is 5.56 Å². The van der Waals surface area contributed by atoms with Gasteiger partial charge in [-0.25, -0.2) is 0 Å². The van der Waals surface area contributed by atoms with E-state index in [9.17, 15) is 24.3 Å². The van der Waals surface area contributed by atoms with Crippen molar-refractivity contribution in [2.45, 2.75) is 64.5 Å². The zero-order chi connectivity index (χ0) is 23.4. The first kappa shape index (κ1) is 26.6. The number of anilines is 1. The van der Waals surface area contributed by atoms with Gasteiger partial charge in [0.25, 0.3) is 0 Å². The summed E-state index contributed by atoms with van der Waals surface area (Å²) in [5.74, 6) is -1.56. The highest BCUT2D eigenvalue weighted by Crippen LogP contribution is 2.18. The number of rotatable bonds is 13. The largest absolute Gasteiger partial charge is 0.469 e. The molecule has 0 aliphatic rings. The van der Waals surface area contributed by atoms with Crippen LogP contribution in [0.4, 0.5) is 5.69 Å². The number of methoxy groups -OCH3 is 1. The zero-order valence-electron chi connectivity index (χ0n) is 18.2. The minimum atomic E-state index is -0.719. The molecule has 0 heterocycles. The summed E-state index contributed by atoms with van der Waals surface area (Å²) in [7, 11) is 1.31. The fourth-order valence-corrected chi connectivity index (χ4v) is 3.05. The van der Waals surface area contributed by atoms with Gasteiger partial charge in [-0.1, -0.05) is 13.0 Å². The lowest BCUT2D eigenvalue weighted by Crippen LogP contribution is -2.39. The summed E-state index contributed by atoms with van der Waals surface area (Å²) in [6.45, 7) is 3.03. The van der Waals surface area contributed by atoms with Crippen LogP contribution < -0.4 is 10.6 Å². The molecular weight excluding hydrogens is 424 g/mol. The highest BCUT2D eigenvalue weighted by molar-refractivity contribution is 6.17. The average molecular weight is 455 g/mol. The molecule has 0 aliphatic heterocycles. The van der Waals surface area contributed by atoms with Crippen LogP contribution in [0.3, 0.4) is 0 Å². The van der Waals surface area contributed by atoms with Crippen molar-refractivity contribution >= 4 is 40.9 Å². The first-order valence-electron chi connectivity index (χ1n) is 10.2. The van der Waals surface area contributed by atoms with Crippen LogP contribution in [0, 0.1) is 5.92 Å². The number of Topliss-reactive ketones (excluding diaryl/α,β-unsaturated/α-hetero) is 1. The van der Waals surface area contributed by atoms with Crippen molar-refractivity contribution in [3.05, 3.63) is 29.3 Å². The van der Waals surface area contributed by atoms with E-state index in [0.29, 0.717) is 24.1 Å². The fourth-order valence-electron chi connectivity index (χ4n) is 2.89. The van der Waals surface area contributed by atoms with Crippen LogP contribution in [0.1, 0.15) is 57.1 Å². The van der Waals surface area contributed by atoms with Crippen molar-refractivity contribution < 1.29 is 29.0 Å². The van der Waals surface area contributed by atoms with E-state index in [2.05, 4.69) is 15.4 Å². The lowest BCUT2D eigenvalue weighted by atomic mass is 9.99. The molecular formula is C22H31ClN2O6. The number of hydrogen-bond donors (Lipinski definition) is 3. The number of unbranched alkanes of at least 4 members (excludes halogenated alkanes) is 1. The van der Waals surface area contributed by atoms with Gasteiger partial charge < -0.3 is 20.5 Å². The Bertz CT molecular complexity index is 761. The Labute approximate surface area is 187 Å². The number of ketones is 1. The van der Waals surface area contributed by atoms with Gasteiger partial charge in [0.1, 0.15) is 0 Å². The number of aliphatic hydroxyl groups is 1. The van der Waals surface area contributed by atoms with Gasteiger partial charge >= 0.3 is 5.97 Å². The number of carbonyl (C=O) groups excluding carboxylic acids is 4. The maximum absolute atomic E-state index is 12.5. The van der Waals surface area contributed by atoms with E-state index in [1.807, 2.05) is 0 Å². The fraction of sp³-hybridized carbons (Fsp3) is 0.545. The predicted molar refractivity (Wildman–Crippen MR) is 117 cm³/mol. The number of carbonyl (C=O) groups is 4. The predicted octanol–water partition coefficient (Wildman–Crippen LogP) is 2.69. The lowest BCUT2D eigenvalue weighted by molar-refractivity contribution is -0.140. The standard InChI is InChI=1S/C22H31ClN2O6/c1-14(22(30)25-18-10-16(12-23)9-17(11-18)13-26)8-19(27)15(2)24-20(28)6-4-5-7-21(29)31-3/h9-11,14-15,26H,4-8,12-13H2,1-3H3,(H,24,28)(H,25,30)/t14-,15+/m1/s1. The third-order valence-corrected chi connectivity index (χ3v) is 5.04. The molecule has 172 valence electrons. The molecule has 0 saturated heterocycles. The summed E-state index contributed by atoms with van der Waals surface area (Å²) in [6, 6.07) is 4.38. The number of nitrogens with one attached hydrogen (secondary N) is 2. The maximum Gasteiger partial charge on any atom is 0.305 e. The maximum atomic E-state index is 12.5. The molecule has 1 rings (SSSR count). The van der Waals surface area contributed by atoms with Gasteiger partial charge in [0.15, 0.2) is 5.78 Å². The SMILES string of the molecule is COC(=O)CCCCC(=O)N[C@@H](C)C(=O)C[C@@H](C)C(=O)Nc1cc(CO)cc(CCl)c1. The molecule has 0 spiro atoms. The van der Waals surface area contributed by atoms with Crippen LogP contribution in [-0.2, 0) is 36.4 Å². The summed E-state index contributed by atoms with van der Waals surface area (Å²) < 4.78 is 4.54. The Morgan fingerprint density at radius 2 is 1.71 bits per heavy atom. The Hall–Kier alpha value is -2.45. The molecule has 0 radical (unpaired) electrons. The van der Waals surface area contributed by atoms with Crippen molar-refractivity contribution in [1.82, 2.24) is 5.32 Å². The molecule has 1 aromatic carbocycles. The van der Waals surface area contributed by atoms with Gasteiger partial charge in [0.2, 0.25) is 11.8 Å². The van der Waals surface area contributed by atoms with E-state index in [1.54, 1.807) is 32.0 Å². The van der Waals surface area contributed by atoms with Gasteiger partial charge in [-0.3, -0.25) is 19.2 Å². The quantitative estimate of drug-likeness (QED) is 0.239. The van der Waals surface area contributed by atoms with Gasteiger partial charge in [0.05, 0.1) is 19.8 Å². The minimum absolute atomic E-state index is 0.0301. The topological polar surface area (TPSA) is 122 Å². The second-order valence-electron chi connectivity index (χ2n) is 7.46. The molecule has 0 aromatic heterocycles. The highest BCUT2D eigenvalue weighted by atomic mass is 35.5. The van der Waals surface area contributed by atoms with Crippen LogP contribution in [0.15, 0.2) is 18.2 Å². The smallest absolute Gasteiger partial charge is 0.305 e. The van der Waals surface area contributed by atoms with E-state index in [1.165, 1.54) is 7.11 Å². The number of ether oxygens (including phenoxy) is 1. The zero-order valence-corrected chi connectivity index (χ0v) is 19.0. The van der Waals surface area contributed by atoms with Crippen molar-refractivity contribution in [1.29, 1.82) is 0 Å². The summed E-state index contributed by atoms with van der Waals surface area (Å²) in [4.78, 5) is 47.9. The lowest BCUT2D eigenvalue weighted by Gasteiger charge is -2.17. The second-order valence-corrected chi connectivity index (χ2v) is 7.73. The highest BCUT2D eigenvalue weighted by Gasteiger charge is 2.22. The van der Waals surface area contributed by atoms with Gasteiger partial charge in [-0.2, -0.15) is 0 Å². The molecule has 1 aromatic rings. The van der Waals surface area contributed by atoms with E-state index >= 15 is 0 Å². The van der Waals surface area contributed by atoms with E-state index in [-0.39, 0.29) is 55.3 Å². The molecule has 0 bridgehead atoms. The van der Waals surface area contributed by atoms with Crippen LogP contribution in [-0.4, -0.2) is 41.8 Å².